The Labute approximate surface area is 108 Å². The highest BCUT2D eigenvalue weighted by atomic mass is 16.2. The SMILES string of the molecule is O=C(Cn1cc2c(n1)CCCCC2)N1CCCC1. The molecule has 1 fully saturated rings. The maximum absolute atomic E-state index is 12.1. The minimum atomic E-state index is 0.227. The van der Waals surface area contributed by atoms with Gasteiger partial charge in [-0.05, 0) is 44.1 Å². The molecule has 4 nitrogen and oxygen atoms in total. The maximum atomic E-state index is 12.1. The summed E-state index contributed by atoms with van der Waals surface area (Å²) in [4.78, 5) is 14.0. The van der Waals surface area contributed by atoms with E-state index < -0.39 is 0 Å². The van der Waals surface area contributed by atoms with E-state index in [0.29, 0.717) is 6.54 Å². The van der Waals surface area contributed by atoms with E-state index in [1.807, 2.05) is 9.58 Å². The predicted molar refractivity (Wildman–Crippen MR) is 69.3 cm³/mol. The fourth-order valence-corrected chi connectivity index (χ4v) is 2.99. The second-order valence-corrected chi connectivity index (χ2v) is 5.45. The Bertz CT molecular complexity index is 409. The van der Waals surface area contributed by atoms with Crippen molar-refractivity contribution in [1.82, 2.24) is 14.7 Å². The first-order valence-electron chi connectivity index (χ1n) is 7.16. The average Bonchev–Trinajstić information content (AvgIpc) is 2.96. The lowest BCUT2D eigenvalue weighted by atomic mass is 10.1. The molecule has 3 rings (SSSR count). The average molecular weight is 247 g/mol. The molecule has 1 aliphatic heterocycles. The lowest BCUT2D eigenvalue weighted by Crippen LogP contribution is -2.31. The summed E-state index contributed by atoms with van der Waals surface area (Å²) >= 11 is 0. The van der Waals surface area contributed by atoms with E-state index in [1.165, 1.54) is 30.5 Å². The molecule has 0 saturated carbocycles. The number of fused-ring (bicyclic) bond motifs is 1. The molecule has 1 aliphatic carbocycles. The van der Waals surface area contributed by atoms with E-state index in [4.69, 9.17) is 0 Å². The summed E-state index contributed by atoms with van der Waals surface area (Å²) in [5.74, 6) is 0.227. The highest BCUT2D eigenvalue weighted by Crippen LogP contribution is 2.19. The summed E-state index contributed by atoms with van der Waals surface area (Å²) in [5.41, 5.74) is 2.59. The number of aromatic nitrogens is 2. The molecule has 0 bridgehead atoms. The van der Waals surface area contributed by atoms with Gasteiger partial charge >= 0.3 is 0 Å². The molecule has 98 valence electrons. The zero-order valence-corrected chi connectivity index (χ0v) is 10.9. The van der Waals surface area contributed by atoms with Crippen LogP contribution in [0.4, 0.5) is 0 Å². The number of likely N-dealkylation sites (tertiary alicyclic amines) is 1. The fourth-order valence-electron chi connectivity index (χ4n) is 2.99. The molecule has 0 atom stereocenters. The van der Waals surface area contributed by atoms with E-state index >= 15 is 0 Å². The van der Waals surface area contributed by atoms with Gasteiger partial charge in [-0.15, -0.1) is 0 Å². The van der Waals surface area contributed by atoms with Crippen LogP contribution in [0, 0.1) is 0 Å². The molecule has 4 heteroatoms. The first-order valence-corrected chi connectivity index (χ1v) is 7.16. The number of hydrogen-bond acceptors (Lipinski definition) is 2. The van der Waals surface area contributed by atoms with Crippen LogP contribution in [0.1, 0.15) is 43.4 Å². The van der Waals surface area contributed by atoms with E-state index in [0.717, 1.165) is 38.8 Å². The number of hydrogen-bond donors (Lipinski definition) is 0. The van der Waals surface area contributed by atoms with E-state index in [9.17, 15) is 4.79 Å². The van der Waals surface area contributed by atoms with Crippen LogP contribution in [0.15, 0.2) is 6.20 Å². The molecule has 1 saturated heterocycles. The van der Waals surface area contributed by atoms with Crippen LogP contribution in [0.5, 0.6) is 0 Å². The van der Waals surface area contributed by atoms with Gasteiger partial charge < -0.3 is 4.90 Å². The predicted octanol–water partition coefficient (Wildman–Crippen LogP) is 1.77. The van der Waals surface area contributed by atoms with Gasteiger partial charge in [0.1, 0.15) is 6.54 Å². The second kappa shape index (κ2) is 5.12. The lowest BCUT2D eigenvalue weighted by molar-refractivity contribution is -0.130. The zero-order chi connectivity index (χ0) is 12.4. The molecule has 0 N–H and O–H groups in total. The third-order valence-electron chi connectivity index (χ3n) is 4.04. The number of amides is 1. The summed E-state index contributed by atoms with van der Waals surface area (Å²) in [6, 6.07) is 0. The number of carbonyl (C=O) groups excluding carboxylic acids is 1. The van der Waals surface area contributed by atoms with Gasteiger partial charge in [0, 0.05) is 19.3 Å². The zero-order valence-electron chi connectivity index (χ0n) is 10.9. The van der Waals surface area contributed by atoms with Crippen molar-refractivity contribution >= 4 is 5.91 Å². The summed E-state index contributed by atoms with van der Waals surface area (Å²) in [6.07, 6.45) is 10.4. The normalized spacial score (nSPS) is 19.7. The molecule has 0 radical (unpaired) electrons. The molecule has 2 aliphatic rings. The fraction of sp³-hybridized carbons (Fsp3) is 0.714. The topological polar surface area (TPSA) is 38.1 Å². The third-order valence-corrected chi connectivity index (χ3v) is 4.04. The molecule has 1 amide bonds. The van der Waals surface area contributed by atoms with Gasteiger partial charge in [0.2, 0.25) is 5.91 Å². The van der Waals surface area contributed by atoms with Gasteiger partial charge in [0.05, 0.1) is 5.69 Å². The largest absolute Gasteiger partial charge is 0.341 e. The van der Waals surface area contributed by atoms with Crippen LogP contribution in [0.2, 0.25) is 0 Å². The molecular formula is C14H21N3O. The van der Waals surface area contributed by atoms with E-state index in [2.05, 4.69) is 11.3 Å². The Hall–Kier alpha value is -1.32. The maximum Gasteiger partial charge on any atom is 0.244 e. The highest BCUT2D eigenvalue weighted by molar-refractivity contribution is 5.76. The molecule has 0 aromatic carbocycles. The highest BCUT2D eigenvalue weighted by Gasteiger charge is 2.19. The molecular weight excluding hydrogens is 226 g/mol. The Morgan fingerprint density at radius 2 is 1.89 bits per heavy atom. The van der Waals surface area contributed by atoms with Crippen molar-refractivity contribution < 1.29 is 4.79 Å². The van der Waals surface area contributed by atoms with Crippen molar-refractivity contribution in [3.8, 4) is 0 Å². The molecule has 0 unspecified atom stereocenters. The van der Waals surface area contributed by atoms with Gasteiger partial charge in [-0.25, -0.2) is 0 Å². The Morgan fingerprint density at radius 3 is 2.72 bits per heavy atom. The minimum Gasteiger partial charge on any atom is -0.341 e. The van der Waals surface area contributed by atoms with Crippen molar-refractivity contribution in [1.29, 1.82) is 0 Å². The van der Waals surface area contributed by atoms with Crippen molar-refractivity contribution in [2.24, 2.45) is 0 Å². The van der Waals surface area contributed by atoms with Gasteiger partial charge in [0.15, 0.2) is 0 Å². The van der Waals surface area contributed by atoms with Gasteiger partial charge in [-0.1, -0.05) is 6.42 Å². The second-order valence-electron chi connectivity index (χ2n) is 5.45. The standard InChI is InChI=1S/C14H21N3O/c18-14(16-8-4-5-9-16)11-17-10-12-6-2-1-3-7-13(12)15-17/h10H,1-9,11H2. The van der Waals surface area contributed by atoms with Crippen molar-refractivity contribution in [2.75, 3.05) is 13.1 Å². The molecule has 1 aromatic heterocycles. The summed E-state index contributed by atoms with van der Waals surface area (Å²) in [6.45, 7) is 2.28. The number of aryl methyl sites for hydroxylation is 2. The first-order chi connectivity index (χ1) is 8.83. The summed E-state index contributed by atoms with van der Waals surface area (Å²) in [7, 11) is 0. The monoisotopic (exact) mass is 247 g/mol. The Morgan fingerprint density at radius 1 is 1.11 bits per heavy atom. The molecule has 18 heavy (non-hydrogen) atoms. The van der Waals surface area contributed by atoms with Crippen LogP contribution >= 0.6 is 0 Å². The molecule has 2 heterocycles. The van der Waals surface area contributed by atoms with Gasteiger partial charge in [-0.2, -0.15) is 5.10 Å². The summed E-state index contributed by atoms with van der Waals surface area (Å²) in [5, 5.41) is 4.59. The Balaban J connectivity index is 1.67. The number of rotatable bonds is 2. The molecule has 0 spiro atoms. The van der Waals surface area contributed by atoms with E-state index in [1.54, 1.807) is 0 Å². The van der Waals surface area contributed by atoms with E-state index in [-0.39, 0.29) is 5.91 Å². The minimum absolute atomic E-state index is 0.227. The first kappa shape index (κ1) is 11.8. The quantitative estimate of drug-likeness (QED) is 0.747. The van der Waals surface area contributed by atoms with Crippen molar-refractivity contribution in [2.45, 2.75) is 51.5 Å². The van der Waals surface area contributed by atoms with Crippen LogP contribution < -0.4 is 0 Å². The number of nitrogens with zero attached hydrogens (tertiary/aromatic N) is 3. The van der Waals surface area contributed by atoms with Crippen LogP contribution in [0.3, 0.4) is 0 Å². The molecule has 1 aromatic rings. The van der Waals surface area contributed by atoms with Crippen LogP contribution in [0.25, 0.3) is 0 Å². The van der Waals surface area contributed by atoms with Crippen molar-refractivity contribution in [3.05, 3.63) is 17.5 Å². The van der Waals surface area contributed by atoms with Gasteiger partial charge in [0.25, 0.3) is 0 Å². The Kier molecular flexibility index (Phi) is 3.35. The smallest absolute Gasteiger partial charge is 0.244 e. The third kappa shape index (κ3) is 2.42. The number of carbonyl (C=O) groups is 1. The van der Waals surface area contributed by atoms with Crippen LogP contribution in [-0.4, -0.2) is 33.7 Å². The lowest BCUT2D eigenvalue weighted by Gasteiger charge is -2.14. The van der Waals surface area contributed by atoms with Crippen molar-refractivity contribution in [3.63, 3.8) is 0 Å². The summed E-state index contributed by atoms with van der Waals surface area (Å²) < 4.78 is 1.86. The van der Waals surface area contributed by atoms with Crippen LogP contribution in [-0.2, 0) is 24.2 Å². The van der Waals surface area contributed by atoms with Gasteiger partial charge in [-0.3, -0.25) is 9.48 Å².